The number of carbonyl (C=O) groups excluding carboxylic acids is 3. The molecule has 0 aliphatic rings. The number of ketones is 1. The molecule has 0 bridgehead atoms. The van der Waals surface area contributed by atoms with Crippen LogP contribution in [0, 0.1) is 20.8 Å². The number of benzene rings is 2. The number of nitrogens with one attached hydrogen (secondary N) is 1. The van der Waals surface area contributed by atoms with Crippen LogP contribution in [0.3, 0.4) is 0 Å². The number of aromatic amines is 1. The van der Waals surface area contributed by atoms with Gasteiger partial charge in [0.2, 0.25) is 17.6 Å². The molecule has 4 aromatic rings. The van der Waals surface area contributed by atoms with Gasteiger partial charge < -0.3 is 18.9 Å². The summed E-state index contributed by atoms with van der Waals surface area (Å²) in [7, 11) is 0. The van der Waals surface area contributed by atoms with E-state index in [1.54, 1.807) is 45.0 Å². The highest BCUT2D eigenvalue weighted by molar-refractivity contribution is 6.03. The van der Waals surface area contributed by atoms with Crippen LogP contribution in [0.1, 0.15) is 54.9 Å². The maximum atomic E-state index is 12.6. The van der Waals surface area contributed by atoms with Gasteiger partial charge in [-0.05, 0) is 69.2 Å². The van der Waals surface area contributed by atoms with E-state index in [4.69, 9.17) is 13.9 Å². The number of ether oxygens (including phenoxy) is 2. The van der Waals surface area contributed by atoms with Gasteiger partial charge in [-0.3, -0.25) is 4.79 Å². The number of H-pyrrole nitrogens is 1. The minimum Gasteiger partial charge on any atom is -0.462 e. The molecular weight excluding hydrogens is 462 g/mol. The summed E-state index contributed by atoms with van der Waals surface area (Å²) in [6, 6.07) is 14.1. The average Bonchev–Trinajstić information content (AvgIpc) is 3.47. The maximum absolute atomic E-state index is 12.6. The lowest BCUT2D eigenvalue weighted by Crippen LogP contribution is -2.15. The van der Waals surface area contributed by atoms with Crippen LogP contribution >= 0.6 is 0 Å². The zero-order chi connectivity index (χ0) is 25.8. The number of Topliss-reactive ketones (excluding diaryl/α,β-unsaturated/α-hetero) is 1. The zero-order valence-electron chi connectivity index (χ0n) is 20.4. The Kier molecular flexibility index (Phi) is 7.10. The highest BCUT2D eigenvalue weighted by Gasteiger charge is 2.23. The van der Waals surface area contributed by atoms with Gasteiger partial charge >= 0.3 is 11.9 Å². The smallest absolute Gasteiger partial charge is 0.340 e. The Hall–Kier alpha value is -4.53. The Bertz CT molecular complexity index is 1430. The van der Waals surface area contributed by atoms with Crippen LogP contribution < -0.4 is 0 Å². The molecule has 0 unspecified atom stereocenters. The van der Waals surface area contributed by atoms with Crippen LogP contribution in [-0.4, -0.2) is 46.1 Å². The number of aryl methyl sites for hydroxylation is 2. The molecule has 0 saturated carbocycles. The normalized spacial score (nSPS) is 10.8. The van der Waals surface area contributed by atoms with E-state index < -0.39 is 24.3 Å². The molecule has 184 valence electrons. The highest BCUT2D eigenvalue weighted by Crippen LogP contribution is 2.26. The molecule has 9 heteroatoms. The Labute approximate surface area is 207 Å². The van der Waals surface area contributed by atoms with E-state index >= 15 is 0 Å². The van der Waals surface area contributed by atoms with Gasteiger partial charge in [-0.1, -0.05) is 18.2 Å². The molecule has 2 heterocycles. The van der Waals surface area contributed by atoms with Crippen molar-refractivity contribution in [2.75, 3.05) is 13.2 Å². The van der Waals surface area contributed by atoms with Crippen molar-refractivity contribution in [3.8, 4) is 22.9 Å². The molecule has 36 heavy (non-hydrogen) atoms. The first kappa shape index (κ1) is 24.6. The molecule has 0 aliphatic carbocycles. The van der Waals surface area contributed by atoms with Crippen LogP contribution in [0.5, 0.6) is 0 Å². The van der Waals surface area contributed by atoms with Crippen molar-refractivity contribution in [1.82, 2.24) is 15.2 Å². The fraction of sp³-hybridized carbons (Fsp3) is 0.222. The fourth-order valence-electron chi connectivity index (χ4n) is 3.84. The van der Waals surface area contributed by atoms with Crippen molar-refractivity contribution in [1.29, 1.82) is 0 Å². The fourth-order valence-corrected chi connectivity index (χ4v) is 3.84. The number of esters is 2. The second-order valence-electron chi connectivity index (χ2n) is 8.15. The highest BCUT2D eigenvalue weighted by atomic mass is 16.5. The van der Waals surface area contributed by atoms with Gasteiger partial charge in [0.1, 0.15) is 0 Å². The lowest BCUT2D eigenvalue weighted by atomic mass is 10.1. The first-order valence-corrected chi connectivity index (χ1v) is 11.4. The van der Waals surface area contributed by atoms with Gasteiger partial charge in [0, 0.05) is 16.8 Å². The minimum absolute atomic E-state index is 0.208. The van der Waals surface area contributed by atoms with Crippen molar-refractivity contribution < 1.29 is 28.3 Å². The van der Waals surface area contributed by atoms with E-state index in [0.717, 1.165) is 11.1 Å². The topological polar surface area (TPSA) is 124 Å². The zero-order valence-corrected chi connectivity index (χ0v) is 20.4. The maximum Gasteiger partial charge on any atom is 0.340 e. The van der Waals surface area contributed by atoms with Crippen molar-refractivity contribution in [3.05, 3.63) is 82.2 Å². The third-order valence-corrected chi connectivity index (χ3v) is 5.70. The van der Waals surface area contributed by atoms with Crippen LogP contribution in [0.4, 0.5) is 0 Å². The van der Waals surface area contributed by atoms with Crippen LogP contribution in [-0.2, 0) is 9.47 Å². The molecule has 0 atom stereocenters. The number of carbonyl (C=O) groups is 3. The minimum atomic E-state index is -0.660. The first-order chi connectivity index (χ1) is 17.3. The standard InChI is InChI=1S/C27H25N3O6/c1-5-34-27(33)22-16(3)23(28-17(22)4)21(31)14-35-26(32)19-12-10-18(11-13-19)24-29-30-25(36-24)20-9-7-6-8-15(20)2/h6-13,28H,5,14H2,1-4H3. The Morgan fingerprint density at radius 3 is 2.28 bits per heavy atom. The van der Waals surface area contributed by atoms with E-state index in [9.17, 15) is 14.4 Å². The molecule has 1 N–H and O–H groups in total. The molecule has 0 aliphatic heterocycles. The summed E-state index contributed by atoms with van der Waals surface area (Å²) in [4.78, 5) is 40.2. The SMILES string of the molecule is CCOC(=O)c1c(C)[nH]c(C(=O)COC(=O)c2ccc(-c3nnc(-c4ccccc4C)o3)cc2)c1C. The second kappa shape index (κ2) is 10.4. The molecule has 2 aromatic heterocycles. The monoisotopic (exact) mass is 487 g/mol. The molecule has 9 nitrogen and oxygen atoms in total. The lowest BCUT2D eigenvalue weighted by Gasteiger charge is -2.05. The van der Waals surface area contributed by atoms with E-state index in [-0.39, 0.29) is 17.9 Å². The van der Waals surface area contributed by atoms with Crippen molar-refractivity contribution in [2.24, 2.45) is 0 Å². The number of aromatic nitrogens is 3. The number of hydrogen-bond donors (Lipinski definition) is 1. The third kappa shape index (κ3) is 4.95. The van der Waals surface area contributed by atoms with Gasteiger partial charge in [-0.25, -0.2) is 9.59 Å². The van der Waals surface area contributed by atoms with E-state index in [1.165, 1.54) is 0 Å². The van der Waals surface area contributed by atoms with Crippen LogP contribution in [0.25, 0.3) is 22.9 Å². The van der Waals surface area contributed by atoms with E-state index in [0.29, 0.717) is 34.2 Å². The van der Waals surface area contributed by atoms with E-state index in [1.807, 2.05) is 31.2 Å². The van der Waals surface area contributed by atoms with Gasteiger partial charge in [0.05, 0.1) is 23.4 Å². The average molecular weight is 488 g/mol. The summed E-state index contributed by atoms with van der Waals surface area (Å²) in [5.41, 5.74) is 4.26. The largest absolute Gasteiger partial charge is 0.462 e. The molecule has 0 spiro atoms. The molecule has 0 fully saturated rings. The Morgan fingerprint density at radius 2 is 1.58 bits per heavy atom. The Balaban J connectivity index is 1.41. The first-order valence-electron chi connectivity index (χ1n) is 11.4. The number of nitrogens with zero attached hydrogens (tertiary/aromatic N) is 2. The summed E-state index contributed by atoms with van der Waals surface area (Å²) in [6.07, 6.45) is 0. The third-order valence-electron chi connectivity index (χ3n) is 5.70. The van der Waals surface area contributed by atoms with Gasteiger partial charge in [0.25, 0.3) is 0 Å². The van der Waals surface area contributed by atoms with Crippen molar-refractivity contribution >= 4 is 17.7 Å². The molecule has 4 rings (SSSR count). The summed E-state index contributed by atoms with van der Waals surface area (Å²) in [6.45, 7) is 6.73. The van der Waals surface area contributed by atoms with Crippen molar-refractivity contribution in [2.45, 2.75) is 27.7 Å². The van der Waals surface area contributed by atoms with Crippen LogP contribution in [0.15, 0.2) is 52.9 Å². The second-order valence-corrected chi connectivity index (χ2v) is 8.15. The van der Waals surface area contributed by atoms with Crippen LogP contribution in [0.2, 0.25) is 0 Å². The summed E-state index contributed by atoms with van der Waals surface area (Å²) >= 11 is 0. The van der Waals surface area contributed by atoms with Crippen molar-refractivity contribution in [3.63, 3.8) is 0 Å². The quantitative estimate of drug-likeness (QED) is 0.276. The molecule has 0 radical (unpaired) electrons. The summed E-state index contributed by atoms with van der Waals surface area (Å²) in [5.74, 6) is -0.894. The predicted octanol–water partition coefficient (Wildman–Crippen LogP) is 4.87. The van der Waals surface area contributed by atoms with E-state index in [2.05, 4.69) is 15.2 Å². The van der Waals surface area contributed by atoms with Gasteiger partial charge in [-0.2, -0.15) is 0 Å². The molecule has 2 aromatic carbocycles. The number of rotatable bonds is 8. The lowest BCUT2D eigenvalue weighted by molar-refractivity contribution is 0.0472. The number of hydrogen-bond acceptors (Lipinski definition) is 8. The van der Waals surface area contributed by atoms with Gasteiger partial charge in [0.15, 0.2) is 6.61 Å². The summed E-state index contributed by atoms with van der Waals surface area (Å²) in [5, 5.41) is 8.22. The molecule has 0 amide bonds. The summed E-state index contributed by atoms with van der Waals surface area (Å²) < 4.78 is 16.0. The molecule has 0 saturated heterocycles. The van der Waals surface area contributed by atoms with Gasteiger partial charge in [-0.15, -0.1) is 10.2 Å². The molecular formula is C27H25N3O6. The Morgan fingerprint density at radius 1 is 0.889 bits per heavy atom. The predicted molar refractivity (Wildman–Crippen MR) is 131 cm³/mol.